The number of carbonyl (C=O) groups is 1. The fourth-order valence-electron chi connectivity index (χ4n) is 2.37. The van der Waals surface area contributed by atoms with Gasteiger partial charge >= 0.3 is 5.97 Å². The summed E-state index contributed by atoms with van der Waals surface area (Å²) in [7, 11) is 1.69. The van der Waals surface area contributed by atoms with Gasteiger partial charge in [0.2, 0.25) is 0 Å². The Balaban J connectivity index is 1.92. The van der Waals surface area contributed by atoms with Gasteiger partial charge in [-0.05, 0) is 36.2 Å². The molecule has 27 heavy (non-hydrogen) atoms. The third-order valence-electron chi connectivity index (χ3n) is 3.88. The molecule has 0 aliphatic rings. The molecule has 1 heterocycles. The van der Waals surface area contributed by atoms with Gasteiger partial charge in [0.25, 0.3) is 0 Å². The summed E-state index contributed by atoms with van der Waals surface area (Å²) in [4.78, 5) is 16.3. The molecule has 1 aromatic carbocycles. The van der Waals surface area contributed by atoms with Crippen molar-refractivity contribution in [2.75, 3.05) is 26.9 Å². The van der Waals surface area contributed by atoms with Crippen molar-refractivity contribution in [3.8, 4) is 5.75 Å². The standard InChI is InChI=1S/C21H28N2O4/c1-16(2)23-14-20(27-21(24)18-5-4-11-22-13-18)15-26-19-8-6-17(7-9-19)10-12-25-3/h4-9,11,13,16,20,23H,10,12,14-15H2,1-3H3. The number of ether oxygens (including phenoxy) is 3. The maximum atomic E-state index is 12.3. The van der Waals surface area contributed by atoms with Crippen LogP contribution in [-0.4, -0.2) is 50.0 Å². The molecular weight excluding hydrogens is 344 g/mol. The van der Waals surface area contributed by atoms with Crippen LogP contribution >= 0.6 is 0 Å². The fourth-order valence-corrected chi connectivity index (χ4v) is 2.37. The van der Waals surface area contributed by atoms with Gasteiger partial charge < -0.3 is 19.5 Å². The predicted molar refractivity (Wildman–Crippen MR) is 104 cm³/mol. The molecule has 1 N–H and O–H groups in total. The van der Waals surface area contributed by atoms with Crippen LogP contribution in [0.2, 0.25) is 0 Å². The van der Waals surface area contributed by atoms with E-state index >= 15 is 0 Å². The van der Waals surface area contributed by atoms with Crippen LogP contribution in [0.15, 0.2) is 48.8 Å². The lowest BCUT2D eigenvalue weighted by Crippen LogP contribution is -2.38. The van der Waals surface area contributed by atoms with E-state index in [-0.39, 0.29) is 12.6 Å². The van der Waals surface area contributed by atoms with Crippen LogP contribution in [0, 0.1) is 0 Å². The van der Waals surface area contributed by atoms with E-state index in [2.05, 4.69) is 10.3 Å². The van der Waals surface area contributed by atoms with Gasteiger partial charge in [-0.15, -0.1) is 0 Å². The largest absolute Gasteiger partial charge is 0.490 e. The van der Waals surface area contributed by atoms with Gasteiger partial charge in [-0.1, -0.05) is 26.0 Å². The minimum Gasteiger partial charge on any atom is -0.490 e. The van der Waals surface area contributed by atoms with E-state index in [1.54, 1.807) is 25.4 Å². The lowest BCUT2D eigenvalue weighted by molar-refractivity contribution is 0.0172. The summed E-state index contributed by atoms with van der Waals surface area (Å²) < 4.78 is 16.5. The molecule has 0 aliphatic heterocycles. The van der Waals surface area contributed by atoms with Crippen molar-refractivity contribution >= 4 is 5.97 Å². The summed E-state index contributed by atoms with van der Waals surface area (Å²) in [5, 5.41) is 3.28. The average Bonchev–Trinajstić information content (AvgIpc) is 2.69. The fraction of sp³-hybridized carbons (Fsp3) is 0.429. The van der Waals surface area contributed by atoms with Crippen LogP contribution < -0.4 is 10.1 Å². The second-order valence-corrected chi connectivity index (χ2v) is 6.53. The number of carbonyl (C=O) groups excluding carboxylic acids is 1. The van der Waals surface area contributed by atoms with Gasteiger partial charge in [-0.3, -0.25) is 4.98 Å². The molecule has 6 heteroatoms. The highest BCUT2D eigenvalue weighted by molar-refractivity contribution is 5.89. The number of esters is 1. The predicted octanol–water partition coefficient (Wildman–Crippen LogP) is 2.87. The van der Waals surface area contributed by atoms with E-state index in [9.17, 15) is 4.79 Å². The molecule has 1 unspecified atom stereocenters. The summed E-state index contributed by atoms with van der Waals surface area (Å²) in [6.07, 6.45) is 3.57. The van der Waals surface area contributed by atoms with Crippen molar-refractivity contribution in [3.63, 3.8) is 0 Å². The average molecular weight is 372 g/mol. The normalized spacial score (nSPS) is 12.0. The van der Waals surface area contributed by atoms with E-state index in [0.29, 0.717) is 18.7 Å². The maximum Gasteiger partial charge on any atom is 0.340 e. The highest BCUT2D eigenvalue weighted by atomic mass is 16.6. The Labute approximate surface area is 160 Å². The Bertz CT molecular complexity index is 674. The molecule has 0 bridgehead atoms. The lowest BCUT2D eigenvalue weighted by Gasteiger charge is -2.20. The molecule has 1 aromatic heterocycles. The number of hydrogen-bond acceptors (Lipinski definition) is 6. The maximum absolute atomic E-state index is 12.3. The van der Waals surface area contributed by atoms with E-state index < -0.39 is 12.1 Å². The number of pyridine rings is 1. The van der Waals surface area contributed by atoms with E-state index in [4.69, 9.17) is 14.2 Å². The Morgan fingerprint density at radius 2 is 1.96 bits per heavy atom. The summed E-state index contributed by atoms with van der Waals surface area (Å²) in [5.74, 6) is 0.334. The first-order valence-electron chi connectivity index (χ1n) is 9.13. The van der Waals surface area contributed by atoms with Crippen molar-refractivity contribution < 1.29 is 19.0 Å². The van der Waals surface area contributed by atoms with Gasteiger partial charge in [-0.2, -0.15) is 0 Å². The Morgan fingerprint density at radius 3 is 2.59 bits per heavy atom. The monoisotopic (exact) mass is 372 g/mol. The first kappa shape index (κ1) is 20.9. The van der Waals surface area contributed by atoms with Crippen LogP contribution in [-0.2, 0) is 15.9 Å². The molecule has 0 amide bonds. The number of hydrogen-bond donors (Lipinski definition) is 1. The molecule has 6 nitrogen and oxygen atoms in total. The number of nitrogens with zero attached hydrogens (tertiary/aromatic N) is 1. The van der Waals surface area contributed by atoms with Crippen molar-refractivity contribution in [1.82, 2.24) is 10.3 Å². The van der Waals surface area contributed by atoms with Gasteiger partial charge in [0.05, 0.1) is 12.2 Å². The molecule has 0 fully saturated rings. The minimum absolute atomic E-state index is 0.267. The molecule has 146 valence electrons. The smallest absolute Gasteiger partial charge is 0.340 e. The number of methoxy groups -OCH3 is 1. The van der Waals surface area contributed by atoms with E-state index in [1.165, 1.54) is 11.8 Å². The molecule has 0 spiro atoms. The summed E-state index contributed by atoms with van der Waals surface area (Å²) in [6, 6.07) is 11.5. The zero-order chi connectivity index (χ0) is 19.5. The molecule has 2 rings (SSSR count). The molecule has 0 radical (unpaired) electrons. The number of aromatic nitrogens is 1. The van der Waals surface area contributed by atoms with Crippen molar-refractivity contribution in [2.45, 2.75) is 32.4 Å². The SMILES string of the molecule is COCCc1ccc(OCC(CNC(C)C)OC(=O)c2cccnc2)cc1. The van der Waals surface area contributed by atoms with Crippen molar-refractivity contribution in [2.24, 2.45) is 0 Å². The lowest BCUT2D eigenvalue weighted by atomic mass is 10.1. The zero-order valence-electron chi connectivity index (χ0n) is 16.2. The minimum atomic E-state index is -0.409. The third kappa shape index (κ3) is 7.76. The quantitative estimate of drug-likeness (QED) is 0.612. The van der Waals surface area contributed by atoms with Crippen LogP contribution in [0.1, 0.15) is 29.8 Å². The van der Waals surface area contributed by atoms with Crippen LogP contribution in [0.25, 0.3) is 0 Å². The Kier molecular flexibility index (Phi) is 8.74. The molecular formula is C21H28N2O4. The molecule has 2 aromatic rings. The van der Waals surface area contributed by atoms with Crippen LogP contribution in [0.3, 0.4) is 0 Å². The van der Waals surface area contributed by atoms with Gasteiger partial charge in [0.15, 0.2) is 0 Å². The highest BCUT2D eigenvalue weighted by Crippen LogP contribution is 2.14. The highest BCUT2D eigenvalue weighted by Gasteiger charge is 2.17. The van der Waals surface area contributed by atoms with E-state index in [1.807, 2.05) is 38.1 Å². The molecule has 0 aliphatic carbocycles. The topological polar surface area (TPSA) is 69.7 Å². The summed E-state index contributed by atoms with van der Waals surface area (Å²) in [5.41, 5.74) is 1.61. The zero-order valence-corrected chi connectivity index (χ0v) is 16.2. The number of rotatable bonds is 11. The van der Waals surface area contributed by atoms with Crippen molar-refractivity contribution in [3.05, 3.63) is 59.9 Å². The summed E-state index contributed by atoms with van der Waals surface area (Å²) >= 11 is 0. The van der Waals surface area contributed by atoms with Crippen molar-refractivity contribution in [1.29, 1.82) is 0 Å². The third-order valence-corrected chi connectivity index (χ3v) is 3.88. The van der Waals surface area contributed by atoms with Gasteiger partial charge in [0.1, 0.15) is 18.5 Å². The van der Waals surface area contributed by atoms with Crippen LogP contribution in [0.5, 0.6) is 5.75 Å². The number of benzene rings is 1. The number of nitrogens with one attached hydrogen (secondary N) is 1. The first-order valence-corrected chi connectivity index (χ1v) is 9.13. The van der Waals surface area contributed by atoms with E-state index in [0.717, 1.165) is 12.2 Å². The molecule has 0 saturated heterocycles. The molecule has 1 atom stereocenters. The first-order chi connectivity index (χ1) is 13.1. The Morgan fingerprint density at radius 1 is 1.19 bits per heavy atom. The Hall–Kier alpha value is -2.44. The molecule has 0 saturated carbocycles. The van der Waals surface area contributed by atoms with Crippen LogP contribution in [0.4, 0.5) is 0 Å². The van der Waals surface area contributed by atoms with Gasteiger partial charge in [-0.25, -0.2) is 4.79 Å². The second-order valence-electron chi connectivity index (χ2n) is 6.53. The summed E-state index contributed by atoms with van der Waals surface area (Å²) in [6.45, 7) is 5.55. The second kappa shape index (κ2) is 11.3. The van der Waals surface area contributed by atoms with Gasteiger partial charge in [0, 0.05) is 32.1 Å².